The predicted octanol–water partition coefficient (Wildman–Crippen LogP) is 2.67. The SMILES string of the molecule is C=C(C)C(=O)OCCOC(=O)CCC(=O)SCCC(=O)OCC(C)(C)C. The lowest BCUT2D eigenvalue weighted by Gasteiger charge is -2.17. The number of thioether (sulfide) groups is 1. The van der Waals surface area contributed by atoms with Crippen LogP contribution in [0, 0.1) is 5.41 Å². The molecule has 0 fully saturated rings. The van der Waals surface area contributed by atoms with Gasteiger partial charge in [-0.2, -0.15) is 0 Å². The zero-order valence-corrected chi connectivity index (χ0v) is 16.7. The van der Waals surface area contributed by atoms with Crippen LogP contribution in [-0.4, -0.2) is 48.6 Å². The van der Waals surface area contributed by atoms with Crippen molar-refractivity contribution in [2.75, 3.05) is 25.6 Å². The van der Waals surface area contributed by atoms with Gasteiger partial charge < -0.3 is 14.2 Å². The second kappa shape index (κ2) is 12.5. The molecule has 0 aliphatic rings. The minimum absolute atomic E-state index is 0.0199. The number of esters is 3. The first kappa shape index (κ1) is 24.2. The highest BCUT2D eigenvalue weighted by molar-refractivity contribution is 8.13. The molecule has 0 unspecified atom stereocenters. The second-order valence-electron chi connectivity index (χ2n) is 6.83. The molecule has 0 radical (unpaired) electrons. The lowest BCUT2D eigenvalue weighted by molar-refractivity contribution is -0.150. The van der Waals surface area contributed by atoms with Gasteiger partial charge in [0.15, 0.2) is 5.12 Å². The monoisotopic (exact) mass is 388 g/mol. The quantitative estimate of drug-likeness (QED) is 0.231. The van der Waals surface area contributed by atoms with E-state index in [2.05, 4.69) is 6.58 Å². The third-order valence-corrected chi connectivity index (χ3v) is 3.63. The van der Waals surface area contributed by atoms with Gasteiger partial charge in [-0.05, 0) is 12.3 Å². The van der Waals surface area contributed by atoms with E-state index < -0.39 is 11.9 Å². The molecule has 0 saturated carbocycles. The first-order valence-corrected chi connectivity index (χ1v) is 9.29. The second-order valence-corrected chi connectivity index (χ2v) is 7.98. The molecule has 0 aromatic heterocycles. The molecule has 0 aromatic carbocycles. The number of hydrogen-bond acceptors (Lipinski definition) is 8. The molecule has 0 amide bonds. The van der Waals surface area contributed by atoms with Crippen molar-refractivity contribution in [2.24, 2.45) is 5.41 Å². The van der Waals surface area contributed by atoms with Gasteiger partial charge >= 0.3 is 17.9 Å². The molecule has 0 aliphatic carbocycles. The number of carbonyl (C=O) groups excluding carboxylic acids is 4. The van der Waals surface area contributed by atoms with Crippen LogP contribution in [0.4, 0.5) is 0 Å². The van der Waals surface area contributed by atoms with Crippen molar-refractivity contribution in [3.8, 4) is 0 Å². The zero-order chi connectivity index (χ0) is 20.2. The Balaban J connectivity index is 3.72. The summed E-state index contributed by atoms with van der Waals surface area (Å²) in [6.07, 6.45) is 0.103. The molecule has 0 spiro atoms. The normalized spacial score (nSPS) is 10.8. The van der Waals surface area contributed by atoms with Crippen LogP contribution in [0.3, 0.4) is 0 Å². The van der Waals surface area contributed by atoms with E-state index in [1.807, 2.05) is 20.8 Å². The molecule has 0 heterocycles. The van der Waals surface area contributed by atoms with Crippen molar-refractivity contribution in [2.45, 2.75) is 47.0 Å². The highest BCUT2D eigenvalue weighted by atomic mass is 32.2. The Morgan fingerprint density at radius 3 is 2.04 bits per heavy atom. The van der Waals surface area contributed by atoms with Crippen LogP contribution < -0.4 is 0 Å². The Hall–Kier alpha value is -1.83. The van der Waals surface area contributed by atoms with Crippen molar-refractivity contribution in [3.05, 3.63) is 12.2 Å². The lowest BCUT2D eigenvalue weighted by atomic mass is 9.99. The van der Waals surface area contributed by atoms with Gasteiger partial charge in [-0.25, -0.2) is 4.79 Å². The van der Waals surface area contributed by atoms with Crippen LogP contribution in [0.5, 0.6) is 0 Å². The van der Waals surface area contributed by atoms with E-state index in [1.165, 1.54) is 6.92 Å². The van der Waals surface area contributed by atoms with E-state index in [1.54, 1.807) is 0 Å². The summed E-state index contributed by atoms with van der Waals surface area (Å²) in [4.78, 5) is 45.7. The molecule has 26 heavy (non-hydrogen) atoms. The fourth-order valence-corrected chi connectivity index (χ4v) is 2.12. The molecule has 148 valence electrons. The van der Waals surface area contributed by atoms with Crippen molar-refractivity contribution in [1.29, 1.82) is 0 Å². The highest BCUT2D eigenvalue weighted by Gasteiger charge is 2.14. The summed E-state index contributed by atoms with van der Waals surface area (Å²) in [6, 6.07) is 0. The van der Waals surface area contributed by atoms with E-state index in [9.17, 15) is 19.2 Å². The molecule has 8 heteroatoms. The average Bonchev–Trinajstić information content (AvgIpc) is 2.54. The summed E-state index contributed by atoms with van der Waals surface area (Å²) in [5.74, 6) is -1.12. The van der Waals surface area contributed by atoms with E-state index >= 15 is 0 Å². The fourth-order valence-electron chi connectivity index (χ4n) is 1.38. The summed E-state index contributed by atoms with van der Waals surface area (Å²) in [5, 5.41) is -0.195. The Bertz CT molecular complexity index is 520. The van der Waals surface area contributed by atoms with Crippen molar-refractivity contribution in [3.63, 3.8) is 0 Å². The van der Waals surface area contributed by atoms with Gasteiger partial charge in [-0.15, -0.1) is 0 Å². The molecular weight excluding hydrogens is 360 g/mol. The van der Waals surface area contributed by atoms with Crippen LogP contribution in [0.1, 0.15) is 47.0 Å². The Morgan fingerprint density at radius 2 is 1.46 bits per heavy atom. The minimum Gasteiger partial charge on any atom is -0.465 e. The van der Waals surface area contributed by atoms with E-state index in [-0.39, 0.29) is 54.5 Å². The van der Waals surface area contributed by atoms with E-state index in [4.69, 9.17) is 14.2 Å². The summed E-state index contributed by atoms with van der Waals surface area (Å²) in [7, 11) is 0. The van der Waals surface area contributed by atoms with Gasteiger partial charge in [0.1, 0.15) is 13.2 Å². The maximum atomic E-state index is 11.7. The summed E-state index contributed by atoms with van der Waals surface area (Å²) in [5.41, 5.74) is 0.170. The molecule has 7 nitrogen and oxygen atoms in total. The largest absolute Gasteiger partial charge is 0.465 e. The zero-order valence-electron chi connectivity index (χ0n) is 15.9. The highest BCUT2D eigenvalue weighted by Crippen LogP contribution is 2.14. The first-order chi connectivity index (χ1) is 12.0. The number of rotatable bonds is 11. The van der Waals surface area contributed by atoms with Crippen LogP contribution in [0.15, 0.2) is 12.2 Å². The Labute approximate surface area is 158 Å². The average molecular weight is 388 g/mol. The van der Waals surface area contributed by atoms with Crippen LogP contribution in [0.25, 0.3) is 0 Å². The lowest BCUT2D eigenvalue weighted by Crippen LogP contribution is -2.18. The molecule has 0 bridgehead atoms. The van der Waals surface area contributed by atoms with Gasteiger partial charge in [-0.1, -0.05) is 39.1 Å². The van der Waals surface area contributed by atoms with Gasteiger partial charge in [0.2, 0.25) is 0 Å². The summed E-state index contributed by atoms with van der Waals surface area (Å²) >= 11 is 0.989. The molecule has 0 atom stereocenters. The van der Waals surface area contributed by atoms with Gasteiger partial charge in [0, 0.05) is 17.7 Å². The molecule has 0 aromatic rings. The van der Waals surface area contributed by atoms with Crippen LogP contribution in [-0.2, 0) is 33.4 Å². The van der Waals surface area contributed by atoms with Crippen molar-refractivity contribution in [1.82, 2.24) is 0 Å². The fraction of sp³-hybridized carbons (Fsp3) is 0.667. The summed E-state index contributed by atoms with van der Waals surface area (Å²) < 4.78 is 14.7. The maximum Gasteiger partial charge on any atom is 0.333 e. The third kappa shape index (κ3) is 14.5. The van der Waals surface area contributed by atoms with Gasteiger partial charge in [0.25, 0.3) is 0 Å². The smallest absolute Gasteiger partial charge is 0.333 e. The standard InChI is InChI=1S/C18H28O7S/c1-13(2)17(22)24-10-9-23-14(19)6-7-16(21)26-11-8-15(20)25-12-18(3,4)5/h1,6-12H2,2-5H3. The Kier molecular flexibility index (Phi) is 11.6. The van der Waals surface area contributed by atoms with Gasteiger partial charge in [-0.3, -0.25) is 14.4 Å². The van der Waals surface area contributed by atoms with Crippen molar-refractivity contribution < 1.29 is 33.4 Å². The first-order valence-electron chi connectivity index (χ1n) is 8.31. The molecule has 0 saturated heterocycles. The molecule has 0 rings (SSSR count). The molecular formula is C18H28O7S. The molecule has 0 aliphatic heterocycles. The van der Waals surface area contributed by atoms with Crippen molar-refractivity contribution >= 4 is 34.8 Å². The predicted molar refractivity (Wildman–Crippen MR) is 98.5 cm³/mol. The van der Waals surface area contributed by atoms with E-state index in [0.717, 1.165) is 11.8 Å². The number of hydrogen-bond donors (Lipinski definition) is 0. The van der Waals surface area contributed by atoms with Crippen LogP contribution >= 0.6 is 11.8 Å². The Morgan fingerprint density at radius 1 is 0.885 bits per heavy atom. The van der Waals surface area contributed by atoms with E-state index in [0.29, 0.717) is 12.4 Å². The summed E-state index contributed by atoms with van der Waals surface area (Å²) in [6.45, 7) is 11.0. The number of ether oxygens (including phenoxy) is 3. The minimum atomic E-state index is -0.548. The maximum absolute atomic E-state index is 11.7. The molecule has 0 N–H and O–H groups in total. The topological polar surface area (TPSA) is 96.0 Å². The van der Waals surface area contributed by atoms with Gasteiger partial charge in [0.05, 0.1) is 19.4 Å². The number of carbonyl (C=O) groups is 4. The van der Waals surface area contributed by atoms with Crippen LogP contribution in [0.2, 0.25) is 0 Å². The third-order valence-electron chi connectivity index (χ3n) is 2.70.